The highest BCUT2D eigenvalue weighted by Gasteiger charge is 2.08. The second-order valence-electron chi connectivity index (χ2n) is 1.85. The quantitative estimate of drug-likeness (QED) is 0.455. The number of rotatable bonds is 0. The Morgan fingerprint density at radius 3 is 2.25 bits per heavy atom. The fourth-order valence-electron chi connectivity index (χ4n) is 0.646. The molecule has 0 saturated carbocycles. The van der Waals surface area contributed by atoms with E-state index in [1.807, 2.05) is 6.92 Å². The molecule has 0 radical (unpaired) electrons. The predicted molar refractivity (Wildman–Crippen MR) is 31.9 cm³/mol. The smallest absolute Gasteiger partial charge is 0.201 e. The van der Waals surface area contributed by atoms with Gasteiger partial charge < -0.3 is 0 Å². The van der Waals surface area contributed by atoms with Crippen molar-refractivity contribution in [2.75, 3.05) is 0 Å². The third-order valence-electron chi connectivity index (χ3n) is 1.04. The van der Waals surface area contributed by atoms with Crippen LogP contribution in [0.1, 0.15) is 13.8 Å². The van der Waals surface area contributed by atoms with Crippen molar-refractivity contribution < 1.29 is 4.79 Å². The van der Waals surface area contributed by atoms with Crippen LogP contribution in [0.15, 0.2) is 16.8 Å². The van der Waals surface area contributed by atoms with Crippen LogP contribution in [0.5, 0.6) is 0 Å². The van der Waals surface area contributed by atoms with Gasteiger partial charge in [0.05, 0.1) is 5.71 Å². The molecule has 0 N–H and O–H groups in total. The molecule has 0 aromatic rings. The number of nitrogens with zero attached hydrogens (tertiary/aromatic N) is 1. The van der Waals surface area contributed by atoms with E-state index in [1.54, 1.807) is 6.92 Å². The lowest BCUT2D eigenvalue weighted by atomic mass is 10.3. The maximum Gasteiger partial charge on any atom is 0.201 e. The molecule has 0 fully saturated rings. The minimum Gasteiger partial charge on any atom is -0.288 e. The Morgan fingerprint density at radius 1 is 1.50 bits per heavy atom. The first-order valence-electron chi connectivity index (χ1n) is 2.48. The standard InChI is InChI=1S/C6H7NO/c1-4-3-6(8)5(2)7-4/h3H,1-2H3. The summed E-state index contributed by atoms with van der Waals surface area (Å²) in [5, 5.41) is 0. The van der Waals surface area contributed by atoms with Crippen LogP contribution in [0.3, 0.4) is 0 Å². The summed E-state index contributed by atoms with van der Waals surface area (Å²) < 4.78 is 0. The molecule has 1 aliphatic heterocycles. The largest absolute Gasteiger partial charge is 0.288 e. The molecular weight excluding hydrogens is 102 g/mol. The van der Waals surface area contributed by atoms with Gasteiger partial charge >= 0.3 is 0 Å². The van der Waals surface area contributed by atoms with E-state index in [2.05, 4.69) is 4.99 Å². The molecule has 42 valence electrons. The number of aliphatic imine (C=N–C) groups is 1. The minimum absolute atomic E-state index is 0.0440. The van der Waals surface area contributed by atoms with Crippen LogP contribution in [-0.4, -0.2) is 11.5 Å². The molecule has 0 bridgehead atoms. The van der Waals surface area contributed by atoms with Gasteiger partial charge in [0.2, 0.25) is 5.78 Å². The first-order valence-corrected chi connectivity index (χ1v) is 2.48. The molecule has 2 heteroatoms. The summed E-state index contributed by atoms with van der Waals surface area (Å²) >= 11 is 0. The molecular formula is C6H7NO. The summed E-state index contributed by atoms with van der Waals surface area (Å²) in [6.07, 6.45) is 1.54. The lowest BCUT2D eigenvalue weighted by Crippen LogP contribution is -1.99. The molecule has 0 aromatic carbocycles. The van der Waals surface area contributed by atoms with Crippen LogP contribution in [0, 0.1) is 0 Å². The van der Waals surface area contributed by atoms with Crippen molar-refractivity contribution in [3.05, 3.63) is 11.8 Å². The molecule has 0 aliphatic carbocycles. The first-order chi connectivity index (χ1) is 3.70. The fourth-order valence-corrected chi connectivity index (χ4v) is 0.646. The molecule has 0 saturated heterocycles. The van der Waals surface area contributed by atoms with E-state index in [0.29, 0.717) is 5.71 Å². The molecule has 0 atom stereocenters. The maximum atomic E-state index is 10.6. The van der Waals surface area contributed by atoms with Crippen LogP contribution >= 0.6 is 0 Å². The van der Waals surface area contributed by atoms with Crippen LogP contribution < -0.4 is 0 Å². The number of hydrogen-bond acceptors (Lipinski definition) is 2. The Bertz CT molecular complexity index is 186. The molecule has 8 heavy (non-hydrogen) atoms. The number of hydrogen-bond donors (Lipinski definition) is 0. The summed E-state index contributed by atoms with van der Waals surface area (Å²) in [6.45, 7) is 3.53. The van der Waals surface area contributed by atoms with Gasteiger partial charge in [0.25, 0.3) is 0 Å². The van der Waals surface area contributed by atoms with Crippen molar-refractivity contribution in [2.45, 2.75) is 13.8 Å². The van der Waals surface area contributed by atoms with Crippen LogP contribution in [0.4, 0.5) is 0 Å². The molecule has 1 rings (SSSR count). The van der Waals surface area contributed by atoms with Crippen molar-refractivity contribution >= 4 is 11.5 Å². The van der Waals surface area contributed by atoms with Crippen molar-refractivity contribution in [1.29, 1.82) is 0 Å². The van der Waals surface area contributed by atoms with Gasteiger partial charge in [-0.25, -0.2) is 0 Å². The number of allylic oxidation sites excluding steroid dienone is 2. The number of carbonyl (C=O) groups is 1. The van der Waals surface area contributed by atoms with Crippen molar-refractivity contribution in [2.24, 2.45) is 4.99 Å². The number of ketones is 1. The summed E-state index contributed by atoms with van der Waals surface area (Å²) in [6, 6.07) is 0. The van der Waals surface area contributed by atoms with Crippen LogP contribution in [0.2, 0.25) is 0 Å². The summed E-state index contributed by atoms with van der Waals surface area (Å²) in [4.78, 5) is 14.5. The zero-order valence-electron chi connectivity index (χ0n) is 4.93. The molecule has 2 nitrogen and oxygen atoms in total. The second-order valence-corrected chi connectivity index (χ2v) is 1.85. The van der Waals surface area contributed by atoms with Crippen LogP contribution in [-0.2, 0) is 4.79 Å². The summed E-state index contributed by atoms with van der Waals surface area (Å²) in [5.41, 5.74) is 1.41. The fraction of sp³-hybridized carbons (Fsp3) is 0.333. The van der Waals surface area contributed by atoms with E-state index in [1.165, 1.54) is 6.08 Å². The molecule has 0 amide bonds. The Kier molecular flexibility index (Phi) is 1.01. The summed E-state index contributed by atoms with van der Waals surface area (Å²) in [7, 11) is 0. The average Bonchev–Trinajstić information content (AvgIpc) is 1.85. The van der Waals surface area contributed by atoms with Gasteiger partial charge in [-0.3, -0.25) is 9.79 Å². The zero-order chi connectivity index (χ0) is 6.15. The van der Waals surface area contributed by atoms with Gasteiger partial charge in [-0.15, -0.1) is 0 Å². The van der Waals surface area contributed by atoms with Crippen LogP contribution in [0.25, 0.3) is 0 Å². The van der Waals surface area contributed by atoms with E-state index in [0.717, 1.165) is 5.70 Å². The highest BCUT2D eigenvalue weighted by Crippen LogP contribution is 2.04. The van der Waals surface area contributed by atoms with Gasteiger partial charge in [0.15, 0.2) is 0 Å². The Labute approximate surface area is 47.9 Å². The number of carbonyl (C=O) groups excluding carboxylic acids is 1. The predicted octanol–water partition coefficient (Wildman–Crippen LogP) is 0.934. The maximum absolute atomic E-state index is 10.6. The monoisotopic (exact) mass is 109 g/mol. The van der Waals surface area contributed by atoms with Gasteiger partial charge in [-0.1, -0.05) is 0 Å². The van der Waals surface area contributed by atoms with E-state index in [4.69, 9.17) is 0 Å². The van der Waals surface area contributed by atoms with Gasteiger partial charge in [0, 0.05) is 11.8 Å². The molecule has 0 unspecified atom stereocenters. The topological polar surface area (TPSA) is 29.4 Å². The Hall–Kier alpha value is -0.920. The normalized spacial score (nSPS) is 18.5. The lowest BCUT2D eigenvalue weighted by Gasteiger charge is -1.78. The minimum atomic E-state index is 0.0440. The molecule has 0 spiro atoms. The first kappa shape index (κ1) is 5.22. The second kappa shape index (κ2) is 1.54. The van der Waals surface area contributed by atoms with Gasteiger partial charge in [-0.2, -0.15) is 0 Å². The Balaban J connectivity index is 2.95. The molecule has 1 heterocycles. The van der Waals surface area contributed by atoms with Crippen molar-refractivity contribution in [1.82, 2.24) is 0 Å². The highest BCUT2D eigenvalue weighted by atomic mass is 16.1. The zero-order valence-corrected chi connectivity index (χ0v) is 4.93. The van der Waals surface area contributed by atoms with E-state index in [9.17, 15) is 4.79 Å². The molecule has 1 aliphatic rings. The van der Waals surface area contributed by atoms with E-state index < -0.39 is 0 Å². The molecule has 0 aromatic heterocycles. The Morgan fingerprint density at radius 2 is 2.12 bits per heavy atom. The summed E-state index contributed by atoms with van der Waals surface area (Å²) in [5.74, 6) is 0.0440. The average molecular weight is 109 g/mol. The third-order valence-corrected chi connectivity index (χ3v) is 1.04. The van der Waals surface area contributed by atoms with E-state index in [-0.39, 0.29) is 5.78 Å². The van der Waals surface area contributed by atoms with Crippen molar-refractivity contribution in [3.8, 4) is 0 Å². The van der Waals surface area contributed by atoms with Crippen molar-refractivity contribution in [3.63, 3.8) is 0 Å². The van der Waals surface area contributed by atoms with E-state index >= 15 is 0 Å². The van der Waals surface area contributed by atoms with Gasteiger partial charge in [0.1, 0.15) is 0 Å². The third kappa shape index (κ3) is 0.689. The highest BCUT2D eigenvalue weighted by molar-refractivity contribution is 6.45. The lowest BCUT2D eigenvalue weighted by molar-refractivity contribution is -0.108. The SMILES string of the molecule is CC1=CC(=O)C(C)=N1. The van der Waals surface area contributed by atoms with Gasteiger partial charge in [-0.05, 0) is 13.8 Å².